The highest BCUT2D eigenvalue weighted by atomic mass is 16.5. The van der Waals surface area contributed by atoms with Crippen molar-refractivity contribution in [1.82, 2.24) is 0 Å². The Kier molecular flexibility index (Phi) is 7.78. The van der Waals surface area contributed by atoms with E-state index in [1.807, 2.05) is 13.0 Å². The summed E-state index contributed by atoms with van der Waals surface area (Å²) in [5.74, 6) is 0.776. The summed E-state index contributed by atoms with van der Waals surface area (Å²) >= 11 is 0. The third-order valence-electron chi connectivity index (χ3n) is 3.50. The van der Waals surface area contributed by atoms with E-state index in [4.69, 9.17) is 4.74 Å². The Balaban J connectivity index is 1.94. The summed E-state index contributed by atoms with van der Waals surface area (Å²) in [5, 5.41) is 0. The molecule has 0 heterocycles. The van der Waals surface area contributed by atoms with Gasteiger partial charge in [0.15, 0.2) is 0 Å². The van der Waals surface area contributed by atoms with Gasteiger partial charge in [0.25, 0.3) is 0 Å². The zero-order valence-corrected chi connectivity index (χ0v) is 11.1. The molecule has 0 N–H and O–H groups in total. The van der Waals surface area contributed by atoms with Gasteiger partial charge < -0.3 is 4.74 Å². The SMILES string of the molecule is CCOC(=O)/C=C/CCCCC1CCCCC1. The molecule has 0 saturated heterocycles. The number of rotatable bonds is 7. The smallest absolute Gasteiger partial charge is 0.330 e. The summed E-state index contributed by atoms with van der Waals surface area (Å²) in [6, 6.07) is 0. The van der Waals surface area contributed by atoms with Crippen molar-refractivity contribution in [2.75, 3.05) is 6.61 Å². The van der Waals surface area contributed by atoms with E-state index in [-0.39, 0.29) is 5.97 Å². The Labute approximate surface area is 105 Å². The molecule has 0 spiro atoms. The standard InChI is InChI=1S/C15H26O2/c1-2-17-15(16)13-9-4-3-6-10-14-11-7-5-8-12-14/h9,13-14H,2-8,10-12H2,1H3/b13-9+. The molecule has 1 saturated carbocycles. The normalized spacial score (nSPS) is 17.5. The van der Waals surface area contributed by atoms with Gasteiger partial charge in [-0.1, -0.05) is 51.0 Å². The van der Waals surface area contributed by atoms with Crippen LogP contribution in [0.25, 0.3) is 0 Å². The molecule has 0 bridgehead atoms. The molecular weight excluding hydrogens is 212 g/mol. The predicted molar refractivity (Wildman–Crippen MR) is 70.8 cm³/mol. The zero-order valence-electron chi connectivity index (χ0n) is 11.1. The molecule has 1 fully saturated rings. The predicted octanol–water partition coefficient (Wildman–Crippen LogP) is 4.25. The van der Waals surface area contributed by atoms with Crippen molar-refractivity contribution in [3.05, 3.63) is 12.2 Å². The minimum absolute atomic E-state index is 0.209. The topological polar surface area (TPSA) is 26.3 Å². The van der Waals surface area contributed by atoms with E-state index in [0.717, 1.165) is 12.3 Å². The third kappa shape index (κ3) is 7.19. The molecule has 1 aliphatic carbocycles. The molecule has 2 heteroatoms. The summed E-state index contributed by atoms with van der Waals surface area (Å²) in [6.07, 6.45) is 15.6. The summed E-state index contributed by atoms with van der Waals surface area (Å²) in [7, 11) is 0. The van der Waals surface area contributed by atoms with Gasteiger partial charge in [-0.3, -0.25) is 0 Å². The average molecular weight is 238 g/mol. The van der Waals surface area contributed by atoms with Crippen LogP contribution in [0.1, 0.15) is 64.7 Å². The van der Waals surface area contributed by atoms with E-state index in [1.165, 1.54) is 51.4 Å². The van der Waals surface area contributed by atoms with Crippen LogP contribution in [-0.2, 0) is 9.53 Å². The highest BCUT2D eigenvalue weighted by Gasteiger charge is 2.12. The van der Waals surface area contributed by atoms with Gasteiger partial charge in [-0.25, -0.2) is 4.79 Å². The third-order valence-corrected chi connectivity index (χ3v) is 3.50. The minimum Gasteiger partial charge on any atom is -0.463 e. The Hall–Kier alpha value is -0.790. The second-order valence-corrected chi connectivity index (χ2v) is 4.94. The number of hydrogen-bond acceptors (Lipinski definition) is 2. The second-order valence-electron chi connectivity index (χ2n) is 4.94. The first-order valence-electron chi connectivity index (χ1n) is 7.16. The molecule has 17 heavy (non-hydrogen) atoms. The van der Waals surface area contributed by atoms with Crippen molar-refractivity contribution in [1.29, 1.82) is 0 Å². The average Bonchev–Trinajstić information content (AvgIpc) is 2.35. The first-order chi connectivity index (χ1) is 8.33. The van der Waals surface area contributed by atoms with Crippen LogP contribution in [0, 0.1) is 5.92 Å². The summed E-state index contributed by atoms with van der Waals surface area (Å²) < 4.78 is 4.82. The van der Waals surface area contributed by atoms with Gasteiger partial charge in [-0.05, 0) is 25.7 Å². The Morgan fingerprint density at radius 2 is 2.00 bits per heavy atom. The fourth-order valence-electron chi connectivity index (χ4n) is 2.54. The van der Waals surface area contributed by atoms with Crippen LogP contribution >= 0.6 is 0 Å². The summed E-state index contributed by atoms with van der Waals surface area (Å²) in [6.45, 7) is 2.29. The maximum atomic E-state index is 11.0. The van der Waals surface area contributed by atoms with Crippen LogP contribution in [0.15, 0.2) is 12.2 Å². The molecule has 2 nitrogen and oxygen atoms in total. The van der Waals surface area contributed by atoms with Crippen LogP contribution in [0.5, 0.6) is 0 Å². The molecular formula is C15H26O2. The maximum absolute atomic E-state index is 11.0. The van der Waals surface area contributed by atoms with Crippen molar-refractivity contribution < 1.29 is 9.53 Å². The van der Waals surface area contributed by atoms with Gasteiger partial charge in [-0.15, -0.1) is 0 Å². The molecule has 0 aromatic rings. The van der Waals surface area contributed by atoms with Gasteiger partial charge in [-0.2, -0.15) is 0 Å². The first kappa shape index (κ1) is 14.3. The molecule has 0 aromatic heterocycles. The van der Waals surface area contributed by atoms with Gasteiger partial charge in [0.2, 0.25) is 0 Å². The van der Waals surface area contributed by atoms with Crippen LogP contribution in [0.4, 0.5) is 0 Å². The number of carbonyl (C=O) groups excluding carboxylic acids is 1. The van der Waals surface area contributed by atoms with Crippen molar-refractivity contribution in [3.8, 4) is 0 Å². The van der Waals surface area contributed by atoms with E-state index in [9.17, 15) is 4.79 Å². The second kappa shape index (κ2) is 9.26. The Bertz CT molecular complexity index is 227. The van der Waals surface area contributed by atoms with E-state index >= 15 is 0 Å². The van der Waals surface area contributed by atoms with Crippen molar-refractivity contribution in [2.45, 2.75) is 64.7 Å². The number of ether oxygens (including phenoxy) is 1. The molecule has 1 aliphatic rings. The number of unbranched alkanes of at least 4 members (excludes halogenated alkanes) is 2. The lowest BCUT2D eigenvalue weighted by molar-refractivity contribution is -0.137. The molecule has 0 amide bonds. The van der Waals surface area contributed by atoms with Crippen molar-refractivity contribution in [3.63, 3.8) is 0 Å². The van der Waals surface area contributed by atoms with Crippen LogP contribution in [-0.4, -0.2) is 12.6 Å². The van der Waals surface area contributed by atoms with Gasteiger partial charge in [0.1, 0.15) is 0 Å². The molecule has 1 rings (SSSR count). The fourth-order valence-corrected chi connectivity index (χ4v) is 2.54. The quantitative estimate of drug-likeness (QED) is 0.376. The Morgan fingerprint density at radius 1 is 1.24 bits per heavy atom. The Morgan fingerprint density at radius 3 is 2.71 bits per heavy atom. The summed E-state index contributed by atoms with van der Waals surface area (Å²) in [4.78, 5) is 11.0. The lowest BCUT2D eigenvalue weighted by Gasteiger charge is -2.21. The lowest BCUT2D eigenvalue weighted by Crippen LogP contribution is -2.05. The zero-order chi connectivity index (χ0) is 12.3. The van der Waals surface area contributed by atoms with Crippen molar-refractivity contribution in [2.24, 2.45) is 5.92 Å². The van der Waals surface area contributed by atoms with E-state index < -0.39 is 0 Å². The van der Waals surface area contributed by atoms with Crippen LogP contribution in [0.2, 0.25) is 0 Å². The van der Waals surface area contributed by atoms with Crippen LogP contribution in [0.3, 0.4) is 0 Å². The van der Waals surface area contributed by atoms with E-state index in [1.54, 1.807) is 6.08 Å². The number of allylic oxidation sites excluding steroid dienone is 1. The van der Waals surface area contributed by atoms with Crippen molar-refractivity contribution >= 4 is 5.97 Å². The van der Waals surface area contributed by atoms with E-state index in [2.05, 4.69) is 0 Å². The lowest BCUT2D eigenvalue weighted by atomic mass is 9.85. The maximum Gasteiger partial charge on any atom is 0.330 e. The van der Waals surface area contributed by atoms with Gasteiger partial charge in [0.05, 0.1) is 6.61 Å². The molecule has 0 aromatic carbocycles. The largest absolute Gasteiger partial charge is 0.463 e. The summed E-state index contributed by atoms with van der Waals surface area (Å²) in [5.41, 5.74) is 0. The minimum atomic E-state index is -0.209. The molecule has 0 aliphatic heterocycles. The monoisotopic (exact) mass is 238 g/mol. The first-order valence-corrected chi connectivity index (χ1v) is 7.16. The number of carbonyl (C=O) groups is 1. The number of hydrogen-bond donors (Lipinski definition) is 0. The van der Waals surface area contributed by atoms with E-state index in [0.29, 0.717) is 6.61 Å². The fraction of sp³-hybridized carbons (Fsp3) is 0.800. The molecule has 98 valence electrons. The molecule has 0 unspecified atom stereocenters. The number of esters is 1. The highest BCUT2D eigenvalue weighted by Crippen LogP contribution is 2.27. The van der Waals surface area contributed by atoms with Gasteiger partial charge in [0, 0.05) is 6.08 Å². The highest BCUT2D eigenvalue weighted by molar-refractivity contribution is 5.81. The molecule has 0 atom stereocenters. The van der Waals surface area contributed by atoms with Gasteiger partial charge >= 0.3 is 5.97 Å². The molecule has 0 radical (unpaired) electrons. The van der Waals surface area contributed by atoms with Crippen LogP contribution < -0.4 is 0 Å².